The Labute approximate surface area is 182 Å². The van der Waals surface area contributed by atoms with Gasteiger partial charge < -0.3 is 21.1 Å². The Kier molecular flexibility index (Phi) is 10.7. The van der Waals surface area contributed by atoms with E-state index < -0.39 is 5.34 Å². The van der Waals surface area contributed by atoms with Crippen molar-refractivity contribution in [2.24, 2.45) is 22.6 Å². The van der Waals surface area contributed by atoms with E-state index in [9.17, 15) is 9.59 Å². The van der Waals surface area contributed by atoms with Gasteiger partial charge in [-0.2, -0.15) is 5.10 Å². The van der Waals surface area contributed by atoms with Crippen LogP contribution in [0, 0.1) is 5.92 Å². The summed E-state index contributed by atoms with van der Waals surface area (Å²) in [6, 6.07) is -0.517. The van der Waals surface area contributed by atoms with Gasteiger partial charge in [-0.25, -0.2) is 11.4 Å². The van der Waals surface area contributed by atoms with Crippen molar-refractivity contribution >= 4 is 33.3 Å². The number of rotatable bonds is 7. The first-order chi connectivity index (χ1) is 14.3. The van der Waals surface area contributed by atoms with Gasteiger partial charge in [0.05, 0.1) is 13.9 Å². The molecule has 0 aromatic carbocycles. The summed E-state index contributed by atoms with van der Waals surface area (Å²) in [5.41, 5.74) is 7.27. The predicted molar refractivity (Wildman–Crippen MR) is 121 cm³/mol. The SMILES string of the molecule is CC.CC/C(N)=N/NN.[B]C12[B]C13CCCCC3CC(C(=O)OCC(C)NC=O)N2. The van der Waals surface area contributed by atoms with Crippen LogP contribution in [-0.2, 0) is 14.3 Å². The number of amides is 1. The number of hydrogen-bond donors (Lipinski definition) is 5. The predicted octanol–water partition coefficient (Wildman–Crippen LogP) is 0.0731. The van der Waals surface area contributed by atoms with Crippen LogP contribution in [0.4, 0.5) is 0 Å². The van der Waals surface area contributed by atoms with Crippen molar-refractivity contribution in [2.75, 3.05) is 6.61 Å². The van der Waals surface area contributed by atoms with Crippen molar-refractivity contribution in [1.29, 1.82) is 0 Å². The third-order valence-corrected chi connectivity index (χ3v) is 5.91. The highest BCUT2D eigenvalue weighted by Crippen LogP contribution is 2.68. The normalized spacial score (nSPS) is 32.1. The Hall–Kier alpha value is -1.74. The number of hydrazine groups is 1. The summed E-state index contributed by atoms with van der Waals surface area (Å²) in [4.78, 5) is 22.5. The van der Waals surface area contributed by atoms with Crippen LogP contribution in [-0.4, -0.2) is 57.4 Å². The molecule has 3 radical (unpaired) electrons. The average Bonchev–Trinajstić information content (AvgIpc) is 3.36. The van der Waals surface area contributed by atoms with E-state index in [1.807, 2.05) is 20.8 Å². The first-order valence-corrected chi connectivity index (χ1v) is 10.9. The summed E-state index contributed by atoms with van der Waals surface area (Å²) in [5, 5.41) is 8.91. The molecule has 7 N–H and O–H groups in total. The van der Waals surface area contributed by atoms with Gasteiger partial charge in [-0.3, -0.25) is 9.59 Å². The lowest BCUT2D eigenvalue weighted by Gasteiger charge is -2.44. The number of nitrogens with one attached hydrogen (secondary N) is 3. The standard InChI is InChI=1S/C14H21B2N2O3.C3H10N4.C2H6/c1-9(17-8-19)7-21-12(20)11-6-10-4-2-3-5-13(10)14(15,16-13)18-11;1-2-3(4)6-7-5;1-2/h8-11,18H,2-7H2,1H3,(H,17,19);7H,2,5H2,1H3,(H2,4,6);1-2H3. The summed E-state index contributed by atoms with van der Waals surface area (Å²) < 4.78 is 5.29. The Balaban J connectivity index is 0.000000428. The fraction of sp³-hybridized carbons (Fsp3) is 0.842. The van der Waals surface area contributed by atoms with Gasteiger partial charge in [0.25, 0.3) is 0 Å². The van der Waals surface area contributed by atoms with Crippen LogP contribution >= 0.6 is 0 Å². The van der Waals surface area contributed by atoms with E-state index in [2.05, 4.69) is 28.5 Å². The van der Waals surface area contributed by atoms with Crippen LogP contribution in [0.15, 0.2) is 5.10 Å². The molecule has 3 rings (SSSR count). The minimum Gasteiger partial charge on any atom is -0.462 e. The number of esters is 1. The third-order valence-electron chi connectivity index (χ3n) is 5.91. The minimum absolute atomic E-state index is 0.106. The number of nitrogens with zero attached hydrogens (tertiary/aromatic N) is 1. The molecule has 9 nitrogen and oxygen atoms in total. The molecular formula is C19H37B2N6O3. The average molecular weight is 419 g/mol. The molecule has 0 aromatic rings. The molecule has 3 aliphatic rings. The van der Waals surface area contributed by atoms with Gasteiger partial charge in [0, 0.05) is 6.42 Å². The van der Waals surface area contributed by atoms with Crippen LogP contribution in [0.2, 0.25) is 5.31 Å². The molecule has 0 bridgehead atoms. The van der Waals surface area contributed by atoms with Gasteiger partial charge in [0.15, 0.2) is 0 Å². The van der Waals surface area contributed by atoms with Crippen LogP contribution in [0.3, 0.4) is 0 Å². The lowest BCUT2D eigenvalue weighted by Crippen LogP contribution is -2.54. The second-order valence-corrected chi connectivity index (χ2v) is 7.83. The molecule has 1 amide bonds. The van der Waals surface area contributed by atoms with Gasteiger partial charge in [0.2, 0.25) is 6.41 Å². The van der Waals surface area contributed by atoms with Gasteiger partial charge in [-0.1, -0.05) is 51.8 Å². The van der Waals surface area contributed by atoms with E-state index in [0.29, 0.717) is 18.2 Å². The summed E-state index contributed by atoms with van der Waals surface area (Å²) in [6.45, 7) is 7.88. The number of carbonyl (C=O) groups is 2. The number of carbonyl (C=O) groups excluding carboxylic acids is 2. The largest absolute Gasteiger partial charge is 0.462 e. The Morgan fingerprint density at radius 3 is 2.73 bits per heavy atom. The lowest BCUT2D eigenvalue weighted by molar-refractivity contribution is -0.148. The zero-order valence-electron chi connectivity index (χ0n) is 18.7. The summed E-state index contributed by atoms with van der Waals surface area (Å²) >= 11 is 0. The Morgan fingerprint density at radius 1 is 1.47 bits per heavy atom. The number of hydrazone groups is 1. The second kappa shape index (κ2) is 12.2. The van der Waals surface area contributed by atoms with Crippen LogP contribution in [0.1, 0.15) is 66.2 Å². The van der Waals surface area contributed by atoms with Crippen LogP contribution < -0.4 is 27.7 Å². The molecule has 2 heterocycles. The molecule has 2 aliphatic heterocycles. The first kappa shape index (κ1) is 26.3. The molecule has 3 fully saturated rings. The molecule has 2 saturated heterocycles. The highest BCUT2D eigenvalue weighted by molar-refractivity contribution is 6.72. The van der Waals surface area contributed by atoms with E-state index in [4.69, 9.17) is 24.2 Å². The fourth-order valence-electron chi connectivity index (χ4n) is 4.30. The number of piperidine rings is 1. The molecular weight excluding hydrogens is 382 g/mol. The molecule has 1 saturated carbocycles. The molecule has 11 heteroatoms. The molecule has 167 valence electrons. The topological polar surface area (TPSA) is 144 Å². The van der Waals surface area contributed by atoms with E-state index >= 15 is 0 Å². The molecule has 30 heavy (non-hydrogen) atoms. The molecule has 0 aromatic heterocycles. The summed E-state index contributed by atoms with van der Waals surface area (Å²) in [7, 11) is 8.58. The monoisotopic (exact) mass is 419 g/mol. The number of nitrogens with two attached hydrogens (primary N) is 2. The van der Waals surface area contributed by atoms with Crippen molar-refractivity contribution < 1.29 is 14.3 Å². The van der Waals surface area contributed by atoms with Gasteiger partial charge in [-0.05, 0) is 24.6 Å². The van der Waals surface area contributed by atoms with Gasteiger partial charge >= 0.3 is 5.97 Å². The molecule has 5 atom stereocenters. The minimum atomic E-state index is -0.493. The van der Waals surface area contributed by atoms with E-state index in [-0.39, 0.29) is 30.0 Å². The highest BCUT2D eigenvalue weighted by Gasteiger charge is 2.70. The Bertz CT molecular complexity index is 597. The van der Waals surface area contributed by atoms with Crippen molar-refractivity contribution in [3.05, 3.63) is 0 Å². The molecule has 1 spiro atoms. The highest BCUT2D eigenvalue weighted by atomic mass is 16.5. The van der Waals surface area contributed by atoms with Crippen molar-refractivity contribution in [3.8, 4) is 0 Å². The zero-order chi connectivity index (χ0) is 22.8. The number of ether oxygens (including phenoxy) is 1. The van der Waals surface area contributed by atoms with Crippen LogP contribution in [0.5, 0.6) is 0 Å². The zero-order valence-corrected chi connectivity index (χ0v) is 18.7. The second-order valence-electron chi connectivity index (χ2n) is 7.83. The maximum Gasteiger partial charge on any atom is 0.323 e. The van der Waals surface area contributed by atoms with E-state index in [0.717, 1.165) is 25.7 Å². The fourth-order valence-corrected chi connectivity index (χ4v) is 4.30. The smallest absolute Gasteiger partial charge is 0.323 e. The van der Waals surface area contributed by atoms with Crippen molar-refractivity contribution in [3.63, 3.8) is 0 Å². The number of hydrogen-bond acceptors (Lipinski definition) is 7. The van der Waals surface area contributed by atoms with E-state index in [1.54, 1.807) is 6.92 Å². The van der Waals surface area contributed by atoms with Crippen molar-refractivity contribution in [2.45, 2.75) is 89.0 Å². The summed E-state index contributed by atoms with van der Waals surface area (Å²) in [6.07, 6.45) is 6.85. The van der Waals surface area contributed by atoms with Gasteiger partial charge in [-0.15, -0.1) is 0 Å². The number of amidine groups is 1. The lowest BCUT2D eigenvalue weighted by atomic mass is 9.63. The van der Waals surface area contributed by atoms with E-state index in [1.165, 1.54) is 12.8 Å². The molecule has 5 unspecified atom stereocenters. The van der Waals surface area contributed by atoms with Gasteiger partial charge in [0.1, 0.15) is 25.8 Å². The maximum absolute atomic E-state index is 12.2. The molecule has 1 aliphatic carbocycles. The summed E-state index contributed by atoms with van der Waals surface area (Å²) in [5.74, 6) is 5.53. The first-order valence-electron chi connectivity index (χ1n) is 10.9. The maximum atomic E-state index is 12.2. The van der Waals surface area contributed by atoms with Crippen LogP contribution in [0.25, 0.3) is 0 Å². The third kappa shape index (κ3) is 6.38. The Morgan fingerprint density at radius 2 is 2.17 bits per heavy atom. The van der Waals surface area contributed by atoms with Crippen molar-refractivity contribution in [1.82, 2.24) is 16.2 Å². The quantitative estimate of drug-likeness (QED) is 0.0748.